The van der Waals surface area contributed by atoms with E-state index >= 15 is 0 Å². The molecule has 3 N–H and O–H groups in total. The molecule has 28 heavy (non-hydrogen) atoms. The molecule has 2 rings (SSSR count). The van der Waals surface area contributed by atoms with Gasteiger partial charge in [0.05, 0.1) is 6.61 Å². The molecule has 0 atom stereocenters. The van der Waals surface area contributed by atoms with Crippen LogP contribution < -0.4 is 16.0 Å². The summed E-state index contributed by atoms with van der Waals surface area (Å²) in [5, 5.41) is 8.23. The maximum absolute atomic E-state index is 12.5. The van der Waals surface area contributed by atoms with Crippen molar-refractivity contribution in [3.8, 4) is 0 Å². The van der Waals surface area contributed by atoms with Crippen molar-refractivity contribution < 1.29 is 19.1 Å². The molecule has 0 aromatic heterocycles. The van der Waals surface area contributed by atoms with Crippen LogP contribution in [0.4, 0.5) is 21.9 Å². The zero-order chi connectivity index (χ0) is 20.7. The molecule has 0 bridgehead atoms. The fraction of sp³-hybridized carbons (Fsp3) is 0.286. The number of nitrogens with one attached hydrogen (secondary N) is 3. The Morgan fingerprint density at radius 2 is 1.57 bits per heavy atom. The summed E-state index contributed by atoms with van der Waals surface area (Å²) in [7, 11) is 0. The molecule has 0 radical (unpaired) electrons. The SMILES string of the molecule is CCOC(=O)Nc1ccc(C(=O)Nc2cc(NC(=O)C(C)C)ccc2C)cc1. The Kier molecular flexibility index (Phi) is 7.14. The fourth-order valence-corrected chi connectivity index (χ4v) is 2.31. The molecule has 0 heterocycles. The van der Waals surface area contributed by atoms with Gasteiger partial charge in [0.25, 0.3) is 5.91 Å². The second-order valence-corrected chi connectivity index (χ2v) is 6.55. The number of hydrogen-bond donors (Lipinski definition) is 3. The van der Waals surface area contributed by atoms with E-state index in [1.807, 2.05) is 26.8 Å². The van der Waals surface area contributed by atoms with Crippen molar-refractivity contribution in [1.82, 2.24) is 0 Å². The Balaban J connectivity index is 2.07. The smallest absolute Gasteiger partial charge is 0.411 e. The van der Waals surface area contributed by atoms with Gasteiger partial charge in [0.1, 0.15) is 0 Å². The molecule has 148 valence electrons. The number of carbonyl (C=O) groups excluding carboxylic acids is 3. The summed E-state index contributed by atoms with van der Waals surface area (Å²) in [6.45, 7) is 7.50. The summed E-state index contributed by atoms with van der Waals surface area (Å²) in [5.74, 6) is -0.523. The zero-order valence-electron chi connectivity index (χ0n) is 16.5. The van der Waals surface area contributed by atoms with Gasteiger partial charge in [-0.25, -0.2) is 4.79 Å². The van der Waals surface area contributed by atoms with E-state index in [1.54, 1.807) is 43.3 Å². The largest absolute Gasteiger partial charge is 0.450 e. The summed E-state index contributed by atoms with van der Waals surface area (Å²) in [6.07, 6.45) is -0.546. The van der Waals surface area contributed by atoms with Crippen LogP contribution in [-0.2, 0) is 9.53 Å². The van der Waals surface area contributed by atoms with E-state index in [0.29, 0.717) is 22.6 Å². The van der Waals surface area contributed by atoms with Crippen molar-refractivity contribution in [3.63, 3.8) is 0 Å². The van der Waals surface area contributed by atoms with Crippen LogP contribution in [0.15, 0.2) is 42.5 Å². The molecule has 0 aliphatic heterocycles. The highest BCUT2D eigenvalue weighted by Gasteiger charge is 2.11. The number of benzene rings is 2. The first-order chi connectivity index (χ1) is 13.3. The van der Waals surface area contributed by atoms with Crippen molar-refractivity contribution >= 4 is 35.0 Å². The maximum atomic E-state index is 12.5. The summed E-state index contributed by atoms with van der Waals surface area (Å²) in [6, 6.07) is 11.8. The van der Waals surface area contributed by atoms with Crippen LogP contribution in [0.25, 0.3) is 0 Å². The monoisotopic (exact) mass is 383 g/mol. The van der Waals surface area contributed by atoms with Crippen LogP contribution in [0, 0.1) is 12.8 Å². The molecule has 7 heteroatoms. The van der Waals surface area contributed by atoms with E-state index < -0.39 is 6.09 Å². The average molecular weight is 383 g/mol. The molecule has 0 unspecified atom stereocenters. The van der Waals surface area contributed by atoms with Crippen LogP contribution in [0.1, 0.15) is 36.7 Å². The van der Waals surface area contributed by atoms with Crippen molar-refractivity contribution in [3.05, 3.63) is 53.6 Å². The number of amides is 3. The minimum Gasteiger partial charge on any atom is -0.450 e. The second-order valence-electron chi connectivity index (χ2n) is 6.55. The molecule has 2 aromatic carbocycles. The molecule has 0 aliphatic rings. The van der Waals surface area contributed by atoms with Crippen molar-refractivity contribution in [2.75, 3.05) is 22.6 Å². The molecular weight excluding hydrogens is 358 g/mol. The van der Waals surface area contributed by atoms with Crippen LogP contribution in [0.3, 0.4) is 0 Å². The fourth-order valence-electron chi connectivity index (χ4n) is 2.31. The minimum atomic E-state index is -0.546. The Bertz CT molecular complexity index is 860. The van der Waals surface area contributed by atoms with Crippen LogP contribution in [0.5, 0.6) is 0 Å². The maximum Gasteiger partial charge on any atom is 0.411 e. The molecular formula is C21H25N3O4. The number of ether oxygens (including phenoxy) is 1. The van der Waals surface area contributed by atoms with E-state index in [1.165, 1.54) is 0 Å². The van der Waals surface area contributed by atoms with Gasteiger partial charge in [-0.3, -0.25) is 14.9 Å². The average Bonchev–Trinajstić information content (AvgIpc) is 2.65. The number of anilines is 3. The molecule has 0 aliphatic carbocycles. The molecule has 0 saturated carbocycles. The van der Waals surface area contributed by atoms with Crippen LogP contribution >= 0.6 is 0 Å². The van der Waals surface area contributed by atoms with Gasteiger partial charge in [-0.2, -0.15) is 0 Å². The van der Waals surface area contributed by atoms with Gasteiger partial charge in [0.15, 0.2) is 0 Å². The van der Waals surface area contributed by atoms with Gasteiger partial charge in [-0.1, -0.05) is 19.9 Å². The van der Waals surface area contributed by atoms with Crippen molar-refractivity contribution in [2.45, 2.75) is 27.7 Å². The number of rotatable bonds is 6. The molecule has 2 aromatic rings. The Labute approximate surface area is 164 Å². The van der Waals surface area contributed by atoms with Gasteiger partial charge in [0.2, 0.25) is 5.91 Å². The van der Waals surface area contributed by atoms with Gasteiger partial charge < -0.3 is 15.4 Å². The number of carbonyl (C=O) groups is 3. The number of hydrogen-bond acceptors (Lipinski definition) is 4. The molecule has 7 nitrogen and oxygen atoms in total. The van der Waals surface area contributed by atoms with E-state index in [-0.39, 0.29) is 24.3 Å². The zero-order valence-corrected chi connectivity index (χ0v) is 16.5. The highest BCUT2D eigenvalue weighted by molar-refractivity contribution is 6.05. The van der Waals surface area contributed by atoms with Crippen molar-refractivity contribution in [1.29, 1.82) is 0 Å². The summed E-state index contributed by atoms with van der Waals surface area (Å²) < 4.78 is 4.81. The van der Waals surface area contributed by atoms with E-state index in [2.05, 4.69) is 16.0 Å². The third-order valence-electron chi connectivity index (χ3n) is 3.95. The van der Waals surface area contributed by atoms with Gasteiger partial charge >= 0.3 is 6.09 Å². The summed E-state index contributed by atoms with van der Waals surface area (Å²) in [5.41, 5.74) is 3.07. The predicted molar refractivity (Wildman–Crippen MR) is 110 cm³/mol. The Morgan fingerprint density at radius 3 is 2.18 bits per heavy atom. The second kappa shape index (κ2) is 9.55. The van der Waals surface area contributed by atoms with Crippen molar-refractivity contribution in [2.24, 2.45) is 5.92 Å². The molecule has 0 spiro atoms. The standard InChI is InChI=1S/C21H25N3O4/c1-5-28-21(27)23-16-10-7-15(8-11-16)20(26)24-18-12-17(9-6-14(18)4)22-19(25)13(2)3/h6-13H,5H2,1-4H3,(H,22,25)(H,23,27)(H,24,26). The number of aryl methyl sites for hydroxylation is 1. The first-order valence-electron chi connectivity index (χ1n) is 9.07. The highest BCUT2D eigenvalue weighted by atomic mass is 16.5. The quantitative estimate of drug-likeness (QED) is 0.688. The topological polar surface area (TPSA) is 96.5 Å². The van der Waals surface area contributed by atoms with E-state index in [9.17, 15) is 14.4 Å². The van der Waals surface area contributed by atoms with Gasteiger partial charge in [0, 0.05) is 28.5 Å². The Hall–Kier alpha value is -3.35. The lowest BCUT2D eigenvalue weighted by molar-refractivity contribution is -0.118. The van der Waals surface area contributed by atoms with Crippen LogP contribution in [0.2, 0.25) is 0 Å². The summed E-state index contributed by atoms with van der Waals surface area (Å²) in [4.78, 5) is 35.8. The first kappa shape index (κ1) is 21.0. The van der Waals surface area contributed by atoms with Gasteiger partial charge in [-0.15, -0.1) is 0 Å². The molecule has 0 saturated heterocycles. The molecule has 3 amide bonds. The Morgan fingerprint density at radius 1 is 0.929 bits per heavy atom. The highest BCUT2D eigenvalue weighted by Crippen LogP contribution is 2.22. The normalized spacial score (nSPS) is 10.3. The lowest BCUT2D eigenvalue weighted by Crippen LogP contribution is -2.18. The lowest BCUT2D eigenvalue weighted by Gasteiger charge is -2.13. The third kappa shape index (κ3) is 5.84. The minimum absolute atomic E-state index is 0.0918. The third-order valence-corrected chi connectivity index (χ3v) is 3.95. The van der Waals surface area contributed by atoms with Crippen LogP contribution in [-0.4, -0.2) is 24.5 Å². The lowest BCUT2D eigenvalue weighted by atomic mass is 10.1. The first-order valence-corrected chi connectivity index (χ1v) is 9.07. The van der Waals surface area contributed by atoms with E-state index in [4.69, 9.17) is 4.74 Å². The molecule has 0 fully saturated rings. The summed E-state index contributed by atoms with van der Waals surface area (Å²) >= 11 is 0. The van der Waals surface area contributed by atoms with E-state index in [0.717, 1.165) is 5.56 Å². The van der Waals surface area contributed by atoms with Gasteiger partial charge in [-0.05, 0) is 55.8 Å². The predicted octanol–water partition coefficient (Wildman–Crippen LogP) is 4.41.